The number of ether oxygens (including phenoxy) is 4. The number of carboxylic acids is 1. The molecular weight excluding hydrogens is 408 g/mol. The summed E-state index contributed by atoms with van der Waals surface area (Å²) in [5, 5.41) is 9.71. The second kappa shape index (κ2) is 9.84. The molecule has 2 aromatic carbocycles. The second-order valence-corrected chi connectivity index (χ2v) is 6.49. The summed E-state index contributed by atoms with van der Waals surface area (Å²) in [6.07, 6.45) is 0. The molecule has 0 aliphatic heterocycles. The molecule has 0 aliphatic carbocycles. The predicted octanol–water partition coefficient (Wildman–Crippen LogP) is 3.64. The van der Waals surface area contributed by atoms with Crippen molar-refractivity contribution in [1.29, 1.82) is 0 Å². The number of rotatable bonds is 9. The summed E-state index contributed by atoms with van der Waals surface area (Å²) in [6.45, 7) is 0.207. The van der Waals surface area contributed by atoms with Gasteiger partial charge in [0.25, 0.3) is 0 Å². The Balaban J connectivity index is 1.78. The Bertz CT molecular complexity index is 937. The summed E-state index contributed by atoms with van der Waals surface area (Å²) in [4.78, 5) is 19.9. The molecule has 1 heterocycles. The van der Waals surface area contributed by atoms with Crippen molar-refractivity contribution in [2.24, 2.45) is 0 Å². The van der Waals surface area contributed by atoms with E-state index in [1.807, 2.05) is 24.3 Å². The van der Waals surface area contributed by atoms with Gasteiger partial charge in [0, 0.05) is 0 Å². The minimum absolute atomic E-state index is 0.0365. The van der Waals surface area contributed by atoms with Crippen molar-refractivity contribution < 1.29 is 28.8 Å². The molecule has 30 heavy (non-hydrogen) atoms. The maximum absolute atomic E-state index is 11.8. The van der Waals surface area contributed by atoms with Crippen molar-refractivity contribution in [2.75, 3.05) is 14.2 Å². The quantitative estimate of drug-likeness (QED) is 0.394. The van der Waals surface area contributed by atoms with Gasteiger partial charge in [-0.15, -0.1) is 12.6 Å². The fraction of sp³-hybridized carbons (Fsp3) is 0.190. The first-order valence-corrected chi connectivity index (χ1v) is 9.30. The molecule has 3 rings (SSSR count). The molecule has 0 saturated carbocycles. The first-order valence-electron chi connectivity index (χ1n) is 8.86. The van der Waals surface area contributed by atoms with E-state index in [0.29, 0.717) is 11.5 Å². The zero-order valence-corrected chi connectivity index (χ0v) is 17.3. The van der Waals surface area contributed by atoms with Crippen LogP contribution in [0.5, 0.6) is 23.3 Å². The zero-order valence-electron chi connectivity index (χ0n) is 16.4. The van der Waals surface area contributed by atoms with Crippen molar-refractivity contribution in [3.05, 3.63) is 65.2 Å². The average Bonchev–Trinajstić information content (AvgIpc) is 2.76. The van der Waals surface area contributed by atoms with Gasteiger partial charge in [-0.05, 0) is 35.4 Å². The molecular formula is C21H20N2O6S. The Kier molecular flexibility index (Phi) is 6.97. The second-order valence-electron chi connectivity index (χ2n) is 6.09. The zero-order chi connectivity index (χ0) is 21.5. The van der Waals surface area contributed by atoms with E-state index >= 15 is 0 Å². The molecule has 1 N–H and O–H groups in total. The number of carboxylic acid groups (broad SMARTS) is 1. The lowest BCUT2D eigenvalue weighted by molar-refractivity contribution is 0.0682. The summed E-state index contributed by atoms with van der Waals surface area (Å²) in [5.74, 6) is -0.0957. The number of benzene rings is 2. The van der Waals surface area contributed by atoms with Crippen LogP contribution < -0.4 is 18.9 Å². The molecule has 0 aliphatic rings. The van der Waals surface area contributed by atoms with Gasteiger partial charge in [0.1, 0.15) is 24.7 Å². The Labute approximate surface area is 178 Å². The van der Waals surface area contributed by atoms with Crippen molar-refractivity contribution in [1.82, 2.24) is 9.97 Å². The van der Waals surface area contributed by atoms with E-state index in [2.05, 4.69) is 22.6 Å². The SMILES string of the molecule is COc1ccc(COc2nc(S)nc(OCc3ccc(OC)cc3)c2C(=O)O)cc1. The monoisotopic (exact) mass is 428 g/mol. The van der Waals surface area contributed by atoms with Crippen LogP contribution in [0.2, 0.25) is 0 Å². The summed E-state index contributed by atoms with van der Waals surface area (Å²) >= 11 is 4.14. The molecule has 0 fully saturated rings. The number of aromatic nitrogens is 2. The van der Waals surface area contributed by atoms with E-state index in [-0.39, 0.29) is 35.7 Å². The first kappa shape index (κ1) is 21.3. The highest BCUT2D eigenvalue weighted by Crippen LogP contribution is 2.28. The van der Waals surface area contributed by atoms with Crippen LogP contribution in [0.1, 0.15) is 21.5 Å². The molecule has 9 heteroatoms. The van der Waals surface area contributed by atoms with Gasteiger partial charge in [0.15, 0.2) is 10.7 Å². The molecule has 1 aromatic heterocycles. The maximum Gasteiger partial charge on any atom is 0.346 e. The third kappa shape index (κ3) is 5.32. The van der Waals surface area contributed by atoms with Crippen LogP contribution in [0.3, 0.4) is 0 Å². The fourth-order valence-corrected chi connectivity index (χ4v) is 2.73. The number of thiol groups is 1. The Morgan fingerprint density at radius 2 is 1.23 bits per heavy atom. The number of hydrogen-bond acceptors (Lipinski definition) is 8. The molecule has 0 saturated heterocycles. The molecule has 0 radical (unpaired) electrons. The Morgan fingerprint density at radius 1 is 0.833 bits per heavy atom. The highest BCUT2D eigenvalue weighted by molar-refractivity contribution is 7.80. The van der Waals surface area contributed by atoms with Crippen molar-refractivity contribution in [3.63, 3.8) is 0 Å². The van der Waals surface area contributed by atoms with Crippen molar-refractivity contribution in [3.8, 4) is 23.3 Å². The van der Waals surface area contributed by atoms with Crippen LogP contribution >= 0.6 is 12.6 Å². The Hall–Kier alpha value is -3.46. The molecule has 0 spiro atoms. The van der Waals surface area contributed by atoms with Crippen LogP contribution in [0, 0.1) is 0 Å². The molecule has 0 bridgehead atoms. The fourth-order valence-electron chi connectivity index (χ4n) is 2.55. The van der Waals surface area contributed by atoms with Crippen LogP contribution in [-0.4, -0.2) is 35.3 Å². The van der Waals surface area contributed by atoms with E-state index in [4.69, 9.17) is 18.9 Å². The minimum Gasteiger partial charge on any atom is -0.497 e. The number of aromatic carboxylic acids is 1. The van der Waals surface area contributed by atoms with E-state index in [9.17, 15) is 9.90 Å². The maximum atomic E-state index is 11.8. The lowest BCUT2D eigenvalue weighted by atomic mass is 10.2. The summed E-state index contributed by atoms with van der Waals surface area (Å²) in [7, 11) is 3.15. The minimum atomic E-state index is -1.27. The average molecular weight is 428 g/mol. The number of methoxy groups -OCH3 is 2. The third-order valence-electron chi connectivity index (χ3n) is 4.11. The first-order chi connectivity index (χ1) is 14.5. The summed E-state index contributed by atoms with van der Waals surface area (Å²) in [5.41, 5.74) is 1.36. The predicted molar refractivity (Wildman–Crippen MR) is 111 cm³/mol. The van der Waals surface area contributed by atoms with E-state index in [1.165, 1.54) is 0 Å². The lowest BCUT2D eigenvalue weighted by Gasteiger charge is -2.13. The molecule has 0 atom stereocenters. The molecule has 156 valence electrons. The van der Waals surface area contributed by atoms with Gasteiger partial charge in [-0.25, -0.2) is 4.79 Å². The lowest BCUT2D eigenvalue weighted by Crippen LogP contribution is -2.11. The highest BCUT2D eigenvalue weighted by atomic mass is 32.1. The number of carbonyl (C=O) groups is 1. The standard InChI is InChI=1S/C21H20N2O6S/c1-26-15-7-3-13(4-8-15)11-28-18-17(20(24)25)19(23-21(30)22-18)29-12-14-5-9-16(27-2)10-6-14/h3-10H,11-12H2,1-2H3,(H,24,25)(H,22,23,30). The van der Waals surface area contributed by atoms with Gasteiger partial charge >= 0.3 is 5.97 Å². The van der Waals surface area contributed by atoms with Crippen LogP contribution in [0.25, 0.3) is 0 Å². The van der Waals surface area contributed by atoms with Crippen molar-refractivity contribution in [2.45, 2.75) is 18.4 Å². The van der Waals surface area contributed by atoms with Gasteiger partial charge < -0.3 is 24.1 Å². The summed E-state index contributed by atoms with van der Waals surface area (Å²) < 4.78 is 21.5. The topological polar surface area (TPSA) is 100 Å². The van der Waals surface area contributed by atoms with E-state index in [1.54, 1.807) is 38.5 Å². The van der Waals surface area contributed by atoms with Crippen LogP contribution in [-0.2, 0) is 13.2 Å². The van der Waals surface area contributed by atoms with Crippen LogP contribution in [0.4, 0.5) is 0 Å². The third-order valence-corrected chi connectivity index (χ3v) is 4.31. The van der Waals surface area contributed by atoms with Gasteiger partial charge in [0.2, 0.25) is 11.8 Å². The van der Waals surface area contributed by atoms with Gasteiger partial charge in [0.05, 0.1) is 14.2 Å². The van der Waals surface area contributed by atoms with Crippen molar-refractivity contribution >= 4 is 18.6 Å². The smallest absolute Gasteiger partial charge is 0.346 e. The van der Waals surface area contributed by atoms with E-state index < -0.39 is 5.97 Å². The van der Waals surface area contributed by atoms with Gasteiger partial charge in [-0.2, -0.15) is 9.97 Å². The summed E-state index contributed by atoms with van der Waals surface area (Å²) in [6, 6.07) is 14.4. The highest BCUT2D eigenvalue weighted by Gasteiger charge is 2.23. The van der Waals surface area contributed by atoms with E-state index in [0.717, 1.165) is 11.1 Å². The molecule has 0 amide bonds. The normalized spacial score (nSPS) is 10.4. The van der Waals surface area contributed by atoms with Crippen LogP contribution in [0.15, 0.2) is 53.7 Å². The van der Waals surface area contributed by atoms with Gasteiger partial charge in [-0.3, -0.25) is 0 Å². The largest absolute Gasteiger partial charge is 0.497 e. The number of nitrogens with zero attached hydrogens (tertiary/aromatic N) is 2. The Morgan fingerprint density at radius 3 is 1.57 bits per heavy atom. The van der Waals surface area contributed by atoms with Gasteiger partial charge in [-0.1, -0.05) is 24.3 Å². The molecule has 8 nitrogen and oxygen atoms in total. The molecule has 3 aromatic rings. The number of hydrogen-bond donors (Lipinski definition) is 2. The molecule has 0 unspecified atom stereocenters.